The molecule has 2 aromatic heterocycles. The Morgan fingerprint density at radius 2 is 1.92 bits per heavy atom. The van der Waals surface area contributed by atoms with Gasteiger partial charge in [-0.25, -0.2) is 4.98 Å². The molecule has 0 saturated heterocycles. The Labute approximate surface area is 140 Å². The molecule has 1 N–H and O–H groups in total. The van der Waals surface area contributed by atoms with Crippen LogP contribution < -0.4 is 10.1 Å². The van der Waals surface area contributed by atoms with Crippen LogP contribution in [0.3, 0.4) is 0 Å². The molecule has 1 aromatic carbocycles. The highest BCUT2D eigenvalue weighted by Gasteiger charge is 2.14. The molecule has 5 nitrogen and oxygen atoms in total. The monoisotopic (exact) mass is 347 g/mol. The van der Waals surface area contributed by atoms with Gasteiger partial charge in [-0.3, -0.25) is 15.1 Å². The average Bonchev–Trinajstić information content (AvgIpc) is 3.04. The van der Waals surface area contributed by atoms with Crippen molar-refractivity contribution in [3.63, 3.8) is 0 Å². The van der Waals surface area contributed by atoms with E-state index in [0.29, 0.717) is 22.0 Å². The van der Waals surface area contributed by atoms with E-state index in [1.807, 2.05) is 0 Å². The summed E-state index contributed by atoms with van der Waals surface area (Å²) in [6.07, 6.45) is 3.03. The number of para-hydroxylation sites is 1. The van der Waals surface area contributed by atoms with Gasteiger partial charge in [0.2, 0.25) is 0 Å². The van der Waals surface area contributed by atoms with Crippen LogP contribution >= 0.6 is 11.3 Å². The predicted molar refractivity (Wildman–Crippen MR) is 86.4 cm³/mol. The molecule has 3 aromatic rings. The summed E-state index contributed by atoms with van der Waals surface area (Å²) < 4.78 is 29.5. The van der Waals surface area contributed by atoms with Gasteiger partial charge in [-0.1, -0.05) is 12.1 Å². The minimum atomic E-state index is -2.92. The van der Waals surface area contributed by atoms with Crippen LogP contribution in [0.2, 0.25) is 0 Å². The fraction of sp³-hybridized carbons (Fsp3) is 0.0625. The van der Waals surface area contributed by atoms with E-state index in [0.717, 1.165) is 0 Å². The molecule has 24 heavy (non-hydrogen) atoms. The zero-order valence-corrected chi connectivity index (χ0v) is 13.0. The Hall–Kier alpha value is -2.87. The maximum absolute atomic E-state index is 12.5. The quantitative estimate of drug-likeness (QED) is 0.756. The summed E-state index contributed by atoms with van der Waals surface area (Å²) in [5.74, 6) is -0.291. The van der Waals surface area contributed by atoms with Crippen molar-refractivity contribution < 1.29 is 18.3 Å². The lowest BCUT2D eigenvalue weighted by Crippen LogP contribution is -2.11. The van der Waals surface area contributed by atoms with Crippen LogP contribution in [-0.4, -0.2) is 22.5 Å². The third-order valence-electron chi connectivity index (χ3n) is 3.05. The number of pyridine rings is 1. The minimum Gasteiger partial charge on any atom is -0.434 e. The molecule has 0 radical (unpaired) electrons. The molecule has 0 aliphatic carbocycles. The molecule has 0 atom stereocenters. The van der Waals surface area contributed by atoms with Gasteiger partial charge in [-0.05, 0) is 24.3 Å². The molecule has 0 fully saturated rings. The summed E-state index contributed by atoms with van der Waals surface area (Å²) in [7, 11) is 0. The number of carbonyl (C=O) groups is 1. The van der Waals surface area contributed by atoms with E-state index in [4.69, 9.17) is 0 Å². The Kier molecular flexibility index (Phi) is 4.76. The Morgan fingerprint density at radius 3 is 2.67 bits per heavy atom. The van der Waals surface area contributed by atoms with Gasteiger partial charge >= 0.3 is 6.61 Å². The SMILES string of the molecule is O=C(Nc1nc(-c2ccccc2OC(F)F)cs1)c1ccncc1. The van der Waals surface area contributed by atoms with E-state index in [1.54, 1.807) is 35.7 Å². The molecule has 0 spiro atoms. The third-order valence-corrected chi connectivity index (χ3v) is 3.80. The largest absolute Gasteiger partial charge is 0.434 e. The normalized spacial score (nSPS) is 10.6. The van der Waals surface area contributed by atoms with Gasteiger partial charge in [-0.2, -0.15) is 8.78 Å². The highest BCUT2D eigenvalue weighted by Crippen LogP contribution is 2.33. The van der Waals surface area contributed by atoms with Crippen molar-refractivity contribution in [1.29, 1.82) is 0 Å². The molecule has 3 rings (SSSR count). The zero-order valence-electron chi connectivity index (χ0n) is 12.1. The number of halogens is 2. The zero-order chi connectivity index (χ0) is 16.9. The van der Waals surface area contributed by atoms with Crippen molar-refractivity contribution in [2.24, 2.45) is 0 Å². The number of aromatic nitrogens is 2. The number of hydrogen-bond donors (Lipinski definition) is 1. The van der Waals surface area contributed by atoms with Crippen LogP contribution in [0.15, 0.2) is 54.2 Å². The number of nitrogens with zero attached hydrogens (tertiary/aromatic N) is 2. The molecule has 0 saturated carbocycles. The number of thiazole rings is 1. The summed E-state index contributed by atoms with van der Waals surface area (Å²) in [5, 5.41) is 4.68. The van der Waals surface area contributed by atoms with Crippen molar-refractivity contribution in [2.45, 2.75) is 6.61 Å². The van der Waals surface area contributed by atoms with Crippen LogP contribution in [0.25, 0.3) is 11.3 Å². The highest BCUT2D eigenvalue weighted by atomic mass is 32.1. The molecule has 1 amide bonds. The van der Waals surface area contributed by atoms with Crippen molar-refractivity contribution in [3.05, 3.63) is 59.7 Å². The molecule has 2 heterocycles. The third kappa shape index (κ3) is 3.72. The van der Waals surface area contributed by atoms with E-state index in [2.05, 4.69) is 20.0 Å². The van der Waals surface area contributed by atoms with E-state index in [-0.39, 0.29) is 11.7 Å². The number of amides is 1. The van der Waals surface area contributed by atoms with Gasteiger partial charge in [0.25, 0.3) is 5.91 Å². The van der Waals surface area contributed by atoms with Crippen molar-refractivity contribution in [1.82, 2.24) is 9.97 Å². The average molecular weight is 347 g/mol. The summed E-state index contributed by atoms with van der Waals surface area (Å²) in [6.45, 7) is -2.92. The number of rotatable bonds is 5. The van der Waals surface area contributed by atoms with E-state index < -0.39 is 6.61 Å². The van der Waals surface area contributed by atoms with Crippen molar-refractivity contribution in [2.75, 3.05) is 5.32 Å². The van der Waals surface area contributed by atoms with E-state index in [1.165, 1.54) is 29.8 Å². The molecule has 8 heteroatoms. The first-order valence-electron chi connectivity index (χ1n) is 6.84. The Morgan fingerprint density at radius 1 is 1.17 bits per heavy atom. The van der Waals surface area contributed by atoms with Crippen molar-refractivity contribution in [3.8, 4) is 17.0 Å². The fourth-order valence-corrected chi connectivity index (χ4v) is 2.71. The van der Waals surface area contributed by atoms with Gasteiger partial charge in [0.05, 0.1) is 5.69 Å². The molecule has 0 aliphatic heterocycles. The number of alkyl halides is 2. The smallest absolute Gasteiger partial charge is 0.387 e. The maximum atomic E-state index is 12.5. The van der Waals surface area contributed by atoms with Gasteiger partial charge in [0.1, 0.15) is 5.75 Å². The number of ether oxygens (including phenoxy) is 1. The summed E-state index contributed by atoms with van der Waals surface area (Å²) >= 11 is 1.19. The van der Waals surface area contributed by atoms with Crippen molar-refractivity contribution >= 4 is 22.4 Å². The predicted octanol–water partition coefficient (Wildman–Crippen LogP) is 4.06. The van der Waals surface area contributed by atoms with Crippen LogP contribution in [0.5, 0.6) is 5.75 Å². The van der Waals surface area contributed by atoms with Crippen LogP contribution in [-0.2, 0) is 0 Å². The fourth-order valence-electron chi connectivity index (χ4n) is 2.00. The molecule has 0 aliphatic rings. The number of anilines is 1. The number of hydrogen-bond acceptors (Lipinski definition) is 5. The number of carbonyl (C=O) groups excluding carboxylic acids is 1. The maximum Gasteiger partial charge on any atom is 0.387 e. The lowest BCUT2D eigenvalue weighted by Gasteiger charge is -2.08. The first kappa shape index (κ1) is 16.0. The second-order valence-electron chi connectivity index (χ2n) is 4.60. The molecular formula is C16H11F2N3O2S. The van der Waals surface area contributed by atoms with E-state index in [9.17, 15) is 13.6 Å². The second kappa shape index (κ2) is 7.14. The topological polar surface area (TPSA) is 64.1 Å². The van der Waals surface area contributed by atoms with Gasteiger partial charge in [0.15, 0.2) is 5.13 Å². The Balaban J connectivity index is 1.80. The summed E-state index contributed by atoms with van der Waals surface area (Å²) in [6, 6.07) is 9.52. The molecular weight excluding hydrogens is 336 g/mol. The highest BCUT2D eigenvalue weighted by molar-refractivity contribution is 7.14. The van der Waals surface area contributed by atoms with Crippen LogP contribution in [0.4, 0.5) is 13.9 Å². The van der Waals surface area contributed by atoms with Gasteiger partial charge in [-0.15, -0.1) is 11.3 Å². The minimum absolute atomic E-state index is 0.0322. The summed E-state index contributed by atoms with van der Waals surface area (Å²) in [4.78, 5) is 20.2. The molecule has 0 bridgehead atoms. The second-order valence-corrected chi connectivity index (χ2v) is 5.46. The van der Waals surface area contributed by atoms with Gasteiger partial charge < -0.3 is 4.74 Å². The van der Waals surface area contributed by atoms with E-state index >= 15 is 0 Å². The first-order chi connectivity index (χ1) is 11.6. The molecule has 122 valence electrons. The Bertz CT molecular complexity index is 840. The summed E-state index contributed by atoms with van der Waals surface area (Å²) in [5.41, 5.74) is 1.32. The number of nitrogens with one attached hydrogen (secondary N) is 1. The first-order valence-corrected chi connectivity index (χ1v) is 7.72. The standard InChI is InChI=1S/C16H11F2N3O2S/c17-15(18)23-13-4-2-1-3-11(13)12-9-24-16(20-12)21-14(22)10-5-7-19-8-6-10/h1-9,15H,(H,20,21,22). The number of benzene rings is 1. The lowest BCUT2D eigenvalue weighted by molar-refractivity contribution is -0.0494. The lowest BCUT2D eigenvalue weighted by atomic mass is 10.1. The van der Waals surface area contributed by atoms with Gasteiger partial charge in [0, 0.05) is 28.9 Å². The molecule has 0 unspecified atom stereocenters. The van der Waals surface area contributed by atoms with Crippen LogP contribution in [0.1, 0.15) is 10.4 Å². The van der Waals surface area contributed by atoms with Crippen LogP contribution in [0, 0.1) is 0 Å².